The first kappa shape index (κ1) is 15.1. The van der Waals surface area contributed by atoms with E-state index in [1.807, 2.05) is 0 Å². The summed E-state index contributed by atoms with van der Waals surface area (Å²) in [6.45, 7) is 0.591. The van der Waals surface area contributed by atoms with Gasteiger partial charge < -0.3 is 14.2 Å². The minimum Gasteiger partial charge on any atom is -0.467 e. The van der Waals surface area contributed by atoms with E-state index in [1.54, 1.807) is 18.2 Å². The molecule has 0 radical (unpaired) electrons. The van der Waals surface area contributed by atoms with E-state index in [0.29, 0.717) is 28.0 Å². The molecule has 1 aliphatic heterocycles. The number of carbonyl (C=O) groups is 1. The molecule has 2 heterocycles. The third kappa shape index (κ3) is 3.32. The maximum Gasteiger partial charge on any atom is 0.357 e. The summed E-state index contributed by atoms with van der Waals surface area (Å²) in [6, 6.07) is 6.49. The maximum absolute atomic E-state index is 12.0. The van der Waals surface area contributed by atoms with Gasteiger partial charge >= 0.3 is 5.97 Å². The van der Waals surface area contributed by atoms with Gasteiger partial charge in [-0.25, -0.2) is 9.78 Å². The van der Waals surface area contributed by atoms with E-state index in [4.69, 9.17) is 37.4 Å². The van der Waals surface area contributed by atoms with Gasteiger partial charge in [-0.1, -0.05) is 23.2 Å². The van der Waals surface area contributed by atoms with Crippen molar-refractivity contribution in [3.8, 4) is 5.75 Å². The van der Waals surface area contributed by atoms with Crippen LogP contribution >= 0.6 is 23.2 Å². The highest BCUT2D eigenvalue weighted by Gasteiger charge is 2.18. The second-order valence-corrected chi connectivity index (χ2v) is 5.47. The fraction of sp³-hybridized carbons (Fsp3) is 0.200. The monoisotopic (exact) mass is 339 g/mol. The summed E-state index contributed by atoms with van der Waals surface area (Å²) in [5, 5.41) is 0.947. The Balaban J connectivity index is 1.76. The second-order valence-electron chi connectivity index (χ2n) is 4.60. The van der Waals surface area contributed by atoms with Crippen LogP contribution in [0, 0.1) is 0 Å². The Morgan fingerprint density at radius 2 is 2.14 bits per heavy atom. The van der Waals surface area contributed by atoms with E-state index < -0.39 is 5.97 Å². The van der Waals surface area contributed by atoms with Gasteiger partial charge in [-0.3, -0.25) is 0 Å². The van der Waals surface area contributed by atoms with Gasteiger partial charge in [0.25, 0.3) is 0 Å². The van der Waals surface area contributed by atoms with Crippen LogP contribution in [0.5, 0.6) is 5.75 Å². The summed E-state index contributed by atoms with van der Waals surface area (Å²) in [5.41, 5.74) is 1.65. The molecule has 5 nitrogen and oxygen atoms in total. The Bertz CT molecular complexity index is 721. The zero-order valence-corrected chi connectivity index (χ0v) is 12.9. The molecule has 0 amide bonds. The normalized spacial score (nSPS) is 13.2. The zero-order valence-electron chi connectivity index (χ0n) is 11.3. The number of fused-ring (bicyclic) bond motifs is 1. The molecule has 1 aromatic carbocycles. The van der Waals surface area contributed by atoms with E-state index in [-0.39, 0.29) is 19.1 Å². The minimum absolute atomic E-state index is 0.0237. The van der Waals surface area contributed by atoms with Crippen molar-refractivity contribution in [3.63, 3.8) is 0 Å². The van der Waals surface area contributed by atoms with Crippen molar-refractivity contribution in [2.75, 3.05) is 6.79 Å². The largest absolute Gasteiger partial charge is 0.467 e. The van der Waals surface area contributed by atoms with Crippen LogP contribution < -0.4 is 4.74 Å². The van der Waals surface area contributed by atoms with Crippen LogP contribution in [0.2, 0.25) is 10.0 Å². The highest BCUT2D eigenvalue weighted by atomic mass is 35.5. The van der Waals surface area contributed by atoms with Gasteiger partial charge in [0.05, 0.1) is 6.61 Å². The molecule has 0 fully saturated rings. The van der Waals surface area contributed by atoms with Crippen molar-refractivity contribution in [1.29, 1.82) is 0 Å². The first-order chi connectivity index (χ1) is 10.6. The molecule has 3 rings (SSSR count). The molecule has 0 bridgehead atoms. The number of carbonyl (C=O) groups excluding carboxylic acids is 1. The number of pyridine rings is 1. The SMILES string of the molecule is O=C(OCc1cc(Cl)cc2c1OCOC2)c1cc(Cl)ccn1. The first-order valence-electron chi connectivity index (χ1n) is 6.44. The molecule has 7 heteroatoms. The molecule has 0 atom stereocenters. The van der Waals surface area contributed by atoms with E-state index in [2.05, 4.69) is 4.98 Å². The lowest BCUT2D eigenvalue weighted by molar-refractivity contribution is -0.0180. The molecule has 0 aliphatic carbocycles. The van der Waals surface area contributed by atoms with Crippen molar-refractivity contribution < 1.29 is 19.0 Å². The van der Waals surface area contributed by atoms with Crippen LogP contribution in [-0.4, -0.2) is 17.7 Å². The number of hydrogen-bond acceptors (Lipinski definition) is 5. The third-order valence-electron chi connectivity index (χ3n) is 3.04. The van der Waals surface area contributed by atoms with Gasteiger partial charge in [-0.15, -0.1) is 0 Å². The van der Waals surface area contributed by atoms with Crippen LogP contribution in [0.15, 0.2) is 30.5 Å². The van der Waals surface area contributed by atoms with Crippen LogP contribution in [-0.2, 0) is 22.7 Å². The van der Waals surface area contributed by atoms with E-state index in [1.165, 1.54) is 12.3 Å². The van der Waals surface area contributed by atoms with Gasteiger partial charge in [0, 0.05) is 27.4 Å². The van der Waals surface area contributed by atoms with Crippen LogP contribution in [0.25, 0.3) is 0 Å². The van der Waals surface area contributed by atoms with Crippen molar-refractivity contribution in [2.45, 2.75) is 13.2 Å². The number of halogens is 2. The van der Waals surface area contributed by atoms with Crippen LogP contribution in [0.4, 0.5) is 0 Å². The Kier molecular flexibility index (Phi) is 4.47. The number of ether oxygens (including phenoxy) is 3. The zero-order chi connectivity index (χ0) is 15.5. The Morgan fingerprint density at radius 1 is 1.27 bits per heavy atom. The average Bonchev–Trinajstić information content (AvgIpc) is 2.52. The Morgan fingerprint density at radius 3 is 2.95 bits per heavy atom. The van der Waals surface area contributed by atoms with E-state index in [0.717, 1.165) is 5.56 Å². The quantitative estimate of drug-likeness (QED) is 0.799. The van der Waals surface area contributed by atoms with Crippen molar-refractivity contribution >= 4 is 29.2 Å². The summed E-state index contributed by atoms with van der Waals surface area (Å²) in [4.78, 5) is 15.9. The van der Waals surface area contributed by atoms with Gasteiger partial charge in [-0.05, 0) is 24.3 Å². The lowest BCUT2D eigenvalue weighted by Crippen LogP contribution is -2.14. The number of hydrogen-bond donors (Lipinski definition) is 0. The molecule has 1 aromatic heterocycles. The predicted octanol–water partition coefficient (Wildman–Crippen LogP) is 3.61. The molecule has 1 aliphatic rings. The van der Waals surface area contributed by atoms with E-state index in [9.17, 15) is 4.79 Å². The van der Waals surface area contributed by atoms with Gasteiger partial charge in [0.1, 0.15) is 18.1 Å². The molecule has 0 saturated carbocycles. The standard InChI is InChI=1S/C15H11Cl2NO4/c16-11-1-2-18-13(5-11)15(19)21-7-10-4-12(17)3-9-6-20-8-22-14(9)10/h1-5H,6-8H2. The van der Waals surface area contributed by atoms with Crippen LogP contribution in [0.1, 0.15) is 21.6 Å². The lowest BCUT2D eigenvalue weighted by Gasteiger charge is -2.21. The van der Waals surface area contributed by atoms with E-state index >= 15 is 0 Å². The second kappa shape index (κ2) is 6.52. The third-order valence-corrected chi connectivity index (χ3v) is 3.49. The molecule has 114 valence electrons. The molecule has 0 unspecified atom stereocenters. The Hall–Kier alpha value is -1.82. The topological polar surface area (TPSA) is 57.7 Å². The average molecular weight is 340 g/mol. The molecular weight excluding hydrogens is 329 g/mol. The molecule has 0 N–H and O–H groups in total. The number of rotatable bonds is 3. The fourth-order valence-electron chi connectivity index (χ4n) is 2.10. The summed E-state index contributed by atoms with van der Waals surface area (Å²) in [6.07, 6.45) is 1.45. The van der Waals surface area contributed by atoms with Gasteiger partial charge in [-0.2, -0.15) is 0 Å². The lowest BCUT2D eigenvalue weighted by atomic mass is 10.1. The summed E-state index contributed by atoms with van der Waals surface area (Å²) < 4.78 is 15.9. The molecule has 0 saturated heterocycles. The van der Waals surface area contributed by atoms with Gasteiger partial charge in [0.2, 0.25) is 0 Å². The first-order valence-corrected chi connectivity index (χ1v) is 7.19. The molecule has 0 spiro atoms. The highest BCUT2D eigenvalue weighted by Crippen LogP contribution is 2.32. The van der Waals surface area contributed by atoms with Crippen molar-refractivity contribution in [2.24, 2.45) is 0 Å². The van der Waals surface area contributed by atoms with Crippen molar-refractivity contribution in [3.05, 3.63) is 57.3 Å². The van der Waals surface area contributed by atoms with Crippen molar-refractivity contribution in [1.82, 2.24) is 4.98 Å². The highest BCUT2D eigenvalue weighted by molar-refractivity contribution is 6.31. The minimum atomic E-state index is -0.566. The smallest absolute Gasteiger partial charge is 0.357 e. The van der Waals surface area contributed by atoms with Gasteiger partial charge in [0.15, 0.2) is 6.79 Å². The number of nitrogens with zero attached hydrogens (tertiary/aromatic N) is 1. The van der Waals surface area contributed by atoms with Crippen LogP contribution in [0.3, 0.4) is 0 Å². The number of aromatic nitrogens is 1. The number of esters is 1. The Labute approximate surface area is 136 Å². The predicted molar refractivity (Wildman–Crippen MR) is 80.1 cm³/mol. The maximum atomic E-state index is 12.0. The fourth-order valence-corrected chi connectivity index (χ4v) is 2.52. The summed E-state index contributed by atoms with van der Waals surface area (Å²) in [5.74, 6) is 0.0748. The summed E-state index contributed by atoms with van der Waals surface area (Å²) in [7, 11) is 0. The molecule has 2 aromatic rings. The molecular formula is C15H11Cl2NO4. The molecule has 22 heavy (non-hydrogen) atoms. The number of benzene rings is 1. The summed E-state index contributed by atoms with van der Waals surface area (Å²) >= 11 is 11.9.